The molecule has 0 aliphatic carbocycles. The van der Waals surface area contributed by atoms with E-state index in [1.165, 1.54) is 11.3 Å². The van der Waals surface area contributed by atoms with E-state index in [1.807, 2.05) is 5.38 Å². The van der Waals surface area contributed by atoms with E-state index < -0.39 is 9.84 Å². The van der Waals surface area contributed by atoms with Crippen LogP contribution in [0.25, 0.3) is 0 Å². The molecule has 1 amide bonds. The summed E-state index contributed by atoms with van der Waals surface area (Å²) in [7, 11) is -3.01. The van der Waals surface area contributed by atoms with Crippen LogP contribution in [0.3, 0.4) is 0 Å². The van der Waals surface area contributed by atoms with Gasteiger partial charge in [0.05, 0.1) is 18.1 Å². The molecule has 1 aliphatic heterocycles. The summed E-state index contributed by atoms with van der Waals surface area (Å²) in [5, 5.41) is 1.81. The van der Waals surface area contributed by atoms with Crippen molar-refractivity contribution in [3.8, 4) is 11.8 Å². The molecule has 1 fully saturated rings. The van der Waals surface area contributed by atoms with Gasteiger partial charge in [-0.2, -0.15) is 0 Å². The molecule has 0 bridgehead atoms. The molecule has 2 rings (SSSR count). The number of amides is 1. The molecule has 1 aromatic heterocycles. The fourth-order valence-electron chi connectivity index (χ4n) is 2.00. The number of hydrogen-bond acceptors (Lipinski definition) is 5. The molecule has 7 heteroatoms. The van der Waals surface area contributed by atoms with Crippen LogP contribution in [-0.4, -0.2) is 50.4 Å². The zero-order valence-corrected chi connectivity index (χ0v) is 12.6. The third kappa shape index (κ3) is 3.60. The molecular weight excluding hydrogens is 296 g/mol. The van der Waals surface area contributed by atoms with Crippen molar-refractivity contribution in [2.45, 2.75) is 6.42 Å². The van der Waals surface area contributed by atoms with Crippen LogP contribution in [0.5, 0.6) is 0 Å². The average molecular weight is 312 g/mol. The number of nitrogens with two attached hydrogens (primary N) is 1. The van der Waals surface area contributed by atoms with Crippen LogP contribution in [0.4, 0.5) is 0 Å². The molecule has 2 heterocycles. The van der Waals surface area contributed by atoms with Crippen molar-refractivity contribution >= 4 is 27.1 Å². The highest BCUT2D eigenvalue weighted by molar-refractivity contribution is 7.91. The molecule has 1 aromatic rings. The van der Waals surface area contributed by atoms with Crippen molar-refractivity contribution < 1.29 is 13.2 Å². The van der Waals surface area contributed by atoms with Crippen molar-refractivity contribution in [3.05, 3.63) is 21.9 Å². The highest BCUT2D eigenvalue weighted by Gasteiger charge is 2.25. The van der Waals surface area contributed by atoms with Crippen LogP contribution in [0, 0.1) is 11.8 Å². The van der Waals surface area contributed by atoms with Gasteiger partial charge >= 0.3 is 0 Å². The standard InChI is InChI=1S/C13H16N2O3S2/c14-5-1-3-11-4-8-19-12(11)13(16)15-6-2-9-20(17,18)10-7-15/h4,8H,2,5-7,9-10,14H2. The Bertz CT molecular complexity index is 653. The second-order valence-corrected chi connectivity index (χ2v) is 7.69. The van der Waals surface area contributed by atoms with Crippen LogP contribution in [0.1, 0.15) is 21.7 Å². The fourth-order valence-corrected chi connectivity index (χ4v) is 4.09. The number of carbonyl (C=O) groups is 1. The minimum atomic E-state index is -3.01. The van der Waals surface area contributed by atoms with Crippen molar-refractivity contribution in [3.63, 3.8) is 0 Å². The summed E-state index contributed by atoms with van der Waals surface area (Å²) in [6.07, 6.45) is 0.489. The topological polar surface area (TPSA) is 80.5 Å². The average Bonchev–Trinajstić information content (AvgIpc) is 2.79. The van der Waals surface area contributed by atoms with E-state index in [-0.39, 0.29) is 30.5 Å². The molecule has 0 atom stereocenters. The lowest BCUT2D eigenvalue weighted by Gasteiger charge is -2.19. The van der Waals surface area contributed by atoms with Gasteiger partial charge in [-0.05, 0) is 17.9 Å². The molecule has 0 spiro atoms. The number of hydrogen-bond donors (Lipinski definition) is 1. The van der Waals surface area contributed by atoms with Gasteiger partial charge in [0.2, 0.25) is 0 Å². The van der Waals surface area contributed by atoms with E-state index in [0.29, 0.717) is 23.4 Å². The van der Waals surface area contributed by atoms with Crippen LogP contribution >= 0.6 is 11.3 Å². The highest BCUT2D eigenvalue weighted by atomic mass is 32.2. The van der Waals surface area contributed by atoms with Gasteiger partial charge in [-0.3, -0.25) is 4.79 Å². The lowest BCUT2D eigenvalue weighted by Crippen LogP contribution is -2.33. The second-order valence-electron chi connectivity index (χ2n) is 4.47. The monoisotopic (exact) mass is 312 g/mol. The molecule has 1 saturated heterocycles. The molecular formula is C13H16N2O3S2. The number of sulfone groups is 1. The van der Waals surface area contributed by atoms with Crippen LogP contribution in [0.2, 0.25) is 0 Å². The minimum Gasteiger partial charge on any atom is -0.337 e. The Balaban J connectivity index is 2.17. The van der Waals surface area contributed by atoms with Gasteiger partial charge in [-0.1, -0.05) is 11.8 Å². The number of rotatable bonds is 1. The highest BCUT2D eigenvalue weighted by Crippen LogP contribution is 2.19. The van der Waals surface area contributed by atoms with E-state index in [9.17, 15) is 13.2 Å². The first-order valence-electron chi connectivity index (χ1n) is 6.29. The van der Waals surface area contributed by atoms with Gasteiger partial charge in [0.1, 0.15) is 4.88 Å². The van der Waals surface area contributed by atoms with Crippen molar-refractivity contribution in [1.29, 1.82) is 0 Å². The Morgan fingerprint density at radius 3 is 2.95 bits per heavy atom. The molecule has 0 aromatic carbocycles. The first-order valence-corrected chi connectivity index (χ1v) is 9.00. The first-order chi connectivity index (χ1) is 9.53. The molecule has 5 nitrogen and oxygen atoms in total. The van der Waals surface area contributed by atoms with E-state index in [4.69, 9.17) is 5.73 Å². The number of carbonyl (C=O) groups excluding carboxylic acids is 1. The molecule has 1 aliphatic rings. The van der Waals surface area contributed by atoms with Crippen molar-refractivity contribution in [2.75, 3.05) is 31.1 Å². The molecule has 2 N–H and O–H groups in total. The Morgan fingerprint density at radius 2 is 2.20 bits per heavy atom. The first kappa shape index (κ1) is 15.0. The lowest BCUT2D eigenvalue weighted by molar-refractivity contribution is 0.0773. The van der Waals surface area contributed by atoms with Crippen molar-refractivity contribution in [1.82, 2.24) is 4.90 Å². The second kappa shape index (κ2) is 6.39. The largest absolute Gasteiger partial charge is 0.337 e. The molecule has 0 saturated carbocycles. The quantitative estimate of drug-likeness (QED) is 0.757. The maximum Gasteiger partial charge on any atom is 0.265 e. The SMILES string of the molecule is NCC#Cc1ccsc1C(=O)N1CCCS(=O)(=O)CC1. The summed E-state index contributed by atoms with van der Waals surface area (Å²) in [5.41, 5.74) is 6.00. The predicted molar refractivity (Wildman–Crippen MR) is 79.4 cm³/mol. The van der Waals surface area contributed by atoms with E-state index in [0.717, 1.165) is 0 Å². The van der Waals surface area contributed by atoms with E-state index in [1.54, 1.807) is 11.0 Å². The summed E-state index contributed by atoms with van der Waals surface area (Å²) in [6, 6.07) is 1.79. The minimum absolute atomic E-state index is 0.0356. The van der Waals surface area contributed by atoms with Gasteiger partial charge in [0, 0.05) is 18.7 Å². The summed E-state index contributed by atoms with van der Waals surface area (Å²) in [6.45, 7) is 0.966. The number of thiophene rings is 1. The fraction of sp³-hybridized carbons (Fsp3) is 0.462. The van der Waals surface area contributed by atoms with Gasteiger partial charge in [0.15, 0.2) is 9.84 Å². The summed E-state index contributed by atoms with van der Waals surface area (Å²) in [5.74, 6) is 5.66. The molecule has 0 unspecified atom stereocenters. The third-order valence-corrected chi connectivity index (χ3v) is 5.65. The smallest absolute Gasteiger partial charge is 0.265 e. The zero-order chi connectivity index (χ0) is 14.6. The van der Waals surface area contributed by atoms with Crippen molar-refractivity contribution in [2.24, 2.45) is 5.73 Å². The summed E-state index contributed by atoms with van der Waals surface area (Å²) in [4.78, 5) is 14.6. The van der Waals surface area contributed by atoms with Gasteiger partial charge in [-0.15, -0.1) is 11.3 Å². The van der Waals surface area contributed by atoms with Crippen LogP contribution in [-0.2, 0) is 9.84 Å². The zero-order valence-electron chi connectivity index (χ0n) is 11.0. The van der Waals surface area contributed by atoms with Gasteiger partial charge in [-0.25, -0.2) is 8.42 Å². The van der Waals surface area contributed by atoms with E-state index in [2.05, 4.69) is 11.8 Å². The maximum atomic E-state index is 12.5. The number of nitrogens with zero attached hydrogens (tertiary/aromatic N) is 1. The van der Waals surface area contributed by atoms with E-state index >= 15 is 0 Å². The molecule has 0 radical (unpaired) electrons. The Morgan fingerprint density at radius 1 is 1.40 bits per heavy atom. The van der Waals surface area contributed by atoms with Gasteiger partial charge in [0.25, 0.3) is 5.91 Å². The third-order valence-electron chi connectivity index (χ3n) is 3.03. The Hall–Kier alpha value is -1.36. The predicted octanol–water partition coefficient (Wildman–Crippen LogP) is 0.319. The van der Waals surface area contributed by atoms with Gasteiger partial charge < -0.3 is 10.6 Å². The Kier molecular flexibility index (Phi) is 4.81. The van der Waals surface area contributed by atoms with Crippen LogP contribution < -0.4 is 5.73 Å². The summed E-state index contributed by atoms with van der Waals surface area (Å²) < 4.78 is 23.1. The normalized spacial score (nSPS) is 17.9. The summed E-state index contributed by atoms with van der Waals surface area (Å²) >= 11 is 1.32. The molecule has 20 heavy (non-hydrogen) atoms. The maximum absolute atomic E-state index is 12.5. The molecule has 108 valence electrons. The lowest BCUT2D eigenvalue weighted by atomic mass is 10.2. The van der Waals surface area contributed by atoms with Crippen LogP contribution in [0.15, 0.2) is 11.4 Å². The Labute approximate surface area is 122 Å².